The molecule has 0 aromatic carbocycles. The largest absolute Gasteiger partial charge is 0.397 e. The first-order valence-corrected chi connectivity index (χ1v) is 6.02. The van der Waals surface area contributed by atoms with Crippen LogP contribution in [0, 0.1) is 0 Å². The van der Waals surface area contributed by atoms with Gasteiger partial charge >= 0.3 is 0 Å². The zero-order valence-corrected chi connectivity index (χ0v) is 9.10. The Bertz CT molecular complexity index is 502. The van der Waals surface area contributed by atoms with E-state index in [1.807, 2.05) is 0 Å². The van der Waals surface area contributed by atoms with Crippen LogP contribution >= 0.6 is 11.3 Å². The number of nitrogens with zero attached hydrogens (tertiary/aromatic N) is 1. The van der Waals surface area contributed by atoms with E-state index >= 15 is 0 Å². The SMILES string of the molecule is NC1=CS(=O)C(C(=O)c2nccs2)=C1N. The van der Waals surface area contributed by atoms with Gasteiger partial charge in [0.05, 0.1) is 22.2 Å². The minimum absolute atomic E-state index is 0.0300. The lowest BCUT2D eigenvalue weighted by Gasteiger charge is -1.99. The van der Waals surface area contributed by atoms with Gasteiger partial charge in [-0.15, -0.1) is 11.3 Å². The summed E-state index contributed by atoms with van der Waals surface area (Å²) in [4.78, 5) is 15.7. The predicted octanol–water partition coefficient (Wildman–Crippen LogP) is 0.0585. The molecule has 0 spiro atoms. The highest BCUT2D eigenvalue weighted by atomic mass is 32.2. The van der Waals surface area contributed by atoms with E-state index in [-0.39, 0.29) is 21.3 Å². The number of aromatic nitrogens is 1. The molecule has 5 nitrogen and oxygen atoms in total. The number of nitrogens with two attached hydrogens (primary N) is 2. The Hall–Kier alpha value is -1.47. The Morgan fingerprint density at radius 1 is 1.47 bits per heavy atom. The summed E-state index contributed by atoms with van der Waals surface area (Å²) < 4.78 is 11.5. The van der Waals surface area contributed by atoms with Crippen LogP contribution < -0.4 is 11.5 Å². The van der Waals surface area contributed by atoms with Gasteiger partial charge in [-0.1, -0.05) is 0 Å². The molecular weight excluding hydrogens is 234 g/mol. The number of hydrogen-bond donors (Lipinski definition) is 2. The lowest BCUT2D eigenvalue weighted by atomic mass is 10.3. The van der Waals surface area contributed by atoms with Gasteiger partial charge in [-0.3, -0.25) is 4.79 Å². The van der Waals surface area contributed by atoms with E-state index < -0.39 is 16.6 Å². The number of hydrogen-bond acceptors (Lipinski definition) is 6. The zero-order chi connectivity index (χ0) is 11.0. The van der Waals surface area contributed by atoms with Crippen LogP contribution in [0.4, 0.5) is 0 Å². The molecule has 0 saturated heterocycles. The molecule has 1 aromatic rings. The molecule has 1 aliphatic rings. The summed E-state index contributed by atoms with van der Waals surface area (Å²) in [7, 11) is -1.55. The van der Waals surface area contributed by atoms with Crippen LogP contribution in [0.1, 0.15) is 9.80 Å². The van der Waals surface area contributed by atoms with Crippen molar-refractivity contribution in [3.05, 3.63) is 38.3 Å². The Kier molecular flexibility index (Phi) is 2.41. The number of ketones is 1. The topological polar surface area (TPSA) is 99.1 Å². The Morgan fingerprint density at radius 3 is 2.67 bits per heavy atom. The number of Topliss-reactive ketones (excluding diaryl/α,β-unsaturated/α-hetero) is 1. The Morgan fingerprint density at radius 2 is 2.20 bits per heavy atom. The molecular formula is C8H7N3O2S2. The molecule has 2 heterocycles. The highest BCUT2D eigenvalue weighted by molar-refractivity contribution is 7.93. The molecule has 1 atom stereocenters. The fourth-order valence-electron chi connectivity index (χ4n) is 1.12. The molecule has 2 rings (SSSR count). The molecule has 1 aliphatic heterocycles. The predicted molar refractivity (Wildman–Crippen MR) is 58.1 cm³/mol. The minimum atomic E-state index is -1.55. The van der Waals surface area contributed by atoms with E-state index in [0.29, 0.717) is 0 Å². The van der Waals surface area contributed by atoms with Crippen LogP contribution in [-0.4, -0.2) is 15.0 Å². The normalized spacial score (nSPS) is 20.5. The van der Waals surface area contributed by atoms with Gasteiger partial charge in [-0.05, 0) is 0 Å². The molecule has 15 heavy (non-hydrogen) atoms. The maximum absolute atomic E-state index is 11.8. The third-order valence-corrected chi connectivity index (χ3v) is 3.87. The van der Waals surface area contributed by atoms with Crippen LogP contribution in [0.25, 0.3) is 0 Å². The molecule has 1 unspecified atom stereocenters. The first kappa shape index (κ1) is 10.1. The molecule has 7 heteroatoms. The van der Waals surface area contributed by atoms with Gasteiger partial charge in [0.15, 0.2) is 5.01 Å². The lowest BCUT2D eigenvalue weighted by molar-refractivity contribution is 0.104. The number of carbonyl (C=O) groups excluding carboxylic acids is 1. The average Bonchev–Trinajstić information content (AvgIpc) is 2.76. The molecule has 0 fully saturated rings. The highest BCUT2D eigenvalue weighted by Crippen LogP contribution is 2.24. The summed E-state index contributed by atoms with van der Waals surface area (Å²) in [5.41, 5.74) is 11.3. The van der Waals surface area contributed by atoms with Gasteiger partial charge in [-0.25, -0.2) is 9.19 Å². The molecule has 0 radical (unpaired) electrons. The van der Waals surface area contributed by atoms with Crippen LogP contribution in [0.3, 0.4) is 0 Å². The Labute approximate surface area is 91.9 Å². The van der Waals surface area contributed by atoms with Gasteiger partial charge in [0.2, 0.25) is 5.78 Å². The monoisotopic (exact) mass is 241 g/mol. The van der Waals surface area contributed by atoms with Crippen molar-refractivity contribution in [1.29, 1.82) is 0 Å². The fraction of sp³-hybridized carbons (Fsp3) is 0. The van der Waals surface area contributed by atoms with Crippen molar-refractivity contribution in [2.45, 2.75) is 0 Å². The summed E-state index contributed by atoms with van der Waals surface area (Å²) >= 11 is 1.17. The molecule has 78 valence electrons. The average molecular weight is 241 g/mol. The van der Waals surface area contributed by atoms with Crippen molar-refractivity contribution in [2.75, 3.05) is 0 Å². The van der Waals surface area contributed by atoms with Crippen molar-refractivity contribution >= 4 is 27.9 Å². The summed E-state index contributed by atoms with van der Waals surface area (Å²) in [6.07, 6.45) is 1.50. The number of carbonyl (C=O) groups is 1. The third kappa shape index (κ3) is 1.59. The minimum Gasteiger partial charge on any atom is -0.397 e. The summed E-state index contributed by atoms with van der Waals surface area (Å²) in [6.45, 7) is 0. The van der Waals surface area contributed by atoms with E-state index in [0.717, 1.165) is 0 Å². The van der Waals surface area contributed by atoms with E-state index in [9.17, 15) is 9.00 Å². The quantitative estimate of drug-likeness (QED) is 0.713. The number of allylic oxidation sites excluding steroid dienone is 1. The van der Waals surface area contributed by atoms with Crippen LogP contribution in [0.5, 0.6) is 0 Å². The second kappa shape index (κ2) is 3.59. The van der Waals surface area contributed by atoms with Gasteiger partial charge in [0.25, 0.3) is 0 Å². The van der Waals surface area contributed by atoms with Gasteiger partial charge in [0, 0.05) is 17.0 Å². The molecule has 1 aromatic heterocycles. The van der Waals surface area contributed by atoms with E-state index in [2.05, 4.69) is 4.98 Å². The standard InChI is InChI=1S/C8H7N3O2S2/c9-4-3-15(13)7(5(4)10)6(12)8-11-1-2-14-8/h1-3H,9-10H2. The first-order valence-electron chi connectivity index (χ1n) is 3.93. The second-order valence-corrected chi connectivity index (χ2v) is 4.91. The van der Waals surface area contributed by atoms with Crippen molar-refractivity contribution < 1.29 is 9.00 Å². The summed E-state index contributed by atoms with van der Waals surface area (Å²) in [5.74, 6) is -0.419. The van der Waals surface area contributed by atoms with Crippen molar-refractivity contribution in [1.82, 2.24) is 4.98 Å². The van der Waals surface area contributed by atoms with Gasteiger partial charge in [-0.2, -0.15) is 0 Å². The first-order chi connectivity index (χ1) is 7.11. The van der Waals surface area contributed by atoms with Crippen molar-refractivity contribution in [3.63, 3.8) is 0 Å². The number of rotatable bonds is 2. The zero-order valence-electron chi connectivity index (χ0n) is 7.47. The molecule has 0 bridgehead atoms. The van der Waals surface area contributed by atoms with Crippen LogP contribution in [-0.2, 0) is 10.8 Å². The van der Waals surface area contributed by atoms with Gasteiger partial charge < -0.3 is 11.5 Å². The molecule has 0 amide bonds. The van der Waals surface area contributed by atoms with Crippen LogP contribution in [0.15, 0.2) is 33.3 Å². The fourth-order valence-corrected chi connectivity index (χ4v) is 2.86. The Balaban J connectivity index is 2.43. The number of thiazole rings is 1. The molecule has 4 N–H and O–H groups in total. The maximum atomic E-state index is 11.8. The third-order valence-electron chi connectivity index (χ3n) is 1.82. The molecule has 0 aliphatic carbocycles. The molecule has 0 saturated carbocycles. The van der Waals surface area contributed by atoms with Crippen LogP contribution in [0.2, 0.25) is 0 Å². The maximum Gasteiger partial charge on any atom is 0.232 e. The summed E-state index contributed by atoms with van der Waals surface area (Å²) in [5, 5.41) is 3.19. The summed E-state index contributed by atoms with van der Waals surface area (Å²) in [6, 6.07) is 0. The van der Waals surface area contributed by atoms with E-state index in [4.69, 9.17) is 11.5 Å². The van der Waals surface area contributed by atoms with Crippen molar-refractivity contribution in [3.8, 4) is 0 Å². The second-order valence-electron chi connectivity index (χ2n) is 2.78. The van der Waals surface area contributed by atoms with E-state index in [1.165, 1.54) is 22.9 Å². The lowest BCUT2D eigenvalue weighted by Crippen LogP contribution is -2.13. The van der Waals surface area contributed by atoms with E-state index in [1.54, 1.807) is 5.38 Å². The smallest absolute Gasteiger partial charge is 0.232 e. The van der Waals surface area contributed by atoms with Crippen molar-refractivity contribution in [2.24, 2.45) is 11.5 Å². The highest BCUT2D eigenvalue weighted by Gasteiger charge is 2.28. The van der Waals surface area contributed by atoms with Gasteiger partial charge in [0.1, 0.15) is 4.91 Å².